The molecular formula is C9H11F2NO2S. The van der Waals surface area contributed by atoms with Gasteiger partial charge in [0.2, 0.25) is 10.0 Å². The summed E-state index contributed by atoms with van der Waals surface area (Å²) in [5.41, 5.74) is 0. The molecule has 0 radical (unpaired) electrons. The van der Waals surface area contributed by atoms with E-state index in [0.717, 1.165) is 18.2 Å². The van der Waals surface area contributed by atoms with E-state index in [0.29, 0.717) is 0 Å². The summed E-state index contributed by atoms with van der Waals surface area (Å²) in [6.07, 6.45) is 0. The Hall–Kier alpha value is -1.01. The fourth-order valence-electron chi connectivity index (χ4n) is 1.11. The third-order valence-corrected chi connectivity index (χ3v) is 3.29. The molecule has 0 aliphatic carbocycles. The Morgan fingerprint density at radius 2 is 1.67 bits per heavy atom. The molecular weight excluding hydrogens is 224 g/mol. The van der Waals surface area contributed by atoms with Crippen molar-refractivity contribution in [3.8, 4) is 0 Å². The van der Waals surface area contributed by atoms with Crippen molar-refractivity contribution in [1.82, 2.24) is 4.72 Å². The first-order chi connectivity index (χ1) is 6.84. The first-order valence-corrected chi connectivity index (χ1v) is 5.79. The molecule has 84 valence electrons. The van der Waals surface area contributed by atoms with E-state index in [1.165, 1.54) is 0 Å². The van der Waals surface area contributed by atoms with Crippen LogP contribution in [0.3, 0.4) is 0 Å². The summed E-state index contributed by atoms with van der Waals surface area (Å²) in [5.74, 6) is -2.19. The molecule has 1 aromatic rings. The minimum Gasteiger partial charge on any atom is -0.208 e. The molecule has 0 amide bonds. The summed E-state index contributed by atoms with van der Waals surface area (Å²) in [5, 5.41) is 0. The SMILES string of the molecule is CC(C)NS(=O)(=O)c1c(F)cccc1F. The summed E-state index contributed by atoms with van der Waals surface area (Å²) in [4.78, 5) is -0.932. The van der Waals surface area contributed by atoms with E-state index < -0.39 is 32.6 Å². The molecule has 0 fully saturated rings. The van der Waals surface area contributed by atoms with E-state index in [4.69, 9.17) is 0 Å². The first-order valence-electron chi connectivity index (χ1n) is 4.31. The topological polar surface area (TPSA) is 46.2 Å². The molecule has 1 rings (SSSR count). The van der Waals surface area contributed by atoms with Crippen LogP contribution in [0.5, 0.6) is 0 Å². The van der Waals surface area contributed by atoms with Gasteiger partial charge < -0.3 is 0 Å². The lowest BCUT2D eigenvalue weighted by Gasteiger charge is -2.10. The van der Waals surface area contributed by atoms with Crippen molar-refractivity contribution in [2.24, 2.45) is 0 Å². The molecule has 3 nitrogen and oxygen atoms in total. The zero-order valence-corrected chi connectivity index (χ0v) is 9.11. The highest BCUT2D eigenvalue weighted by atomic mass is 32.2. The van der Waals surface area contributed by atoms with E-state index in [9.17, 15) is 17.2 Å². The molecule has 0 unspecified atom stereocenters. The Labute approximate surface area is 87.2 Å². The van der Waals surface area contributed by atoms with Crippen molar-refractivity contribution in [1.29, 1.82) is 0 Å². The van der Waals surface area contributed by atoms with Crippen LogP contribution in [0.1, 0.15) is 13.8 Å². The van der Waals surface area contributed by atoms with Crippen molar-refractivity contribution in [3.05, 3.63) is 29.8 Å². The molecule has 6 heteroatoms. The van der Waals surface area contributed by atoms with Crippen LogP contribution in [0.2, 0.25) is 0 Å². The molecule has 1 aromatic carbocycles. The maximum atomic E-state index is 13.1. The van der Waals surface area contributed by atoms with Gasteiger partial charge in [-0.15, -0.1) is 0 Å². The lowest BCUT2D eigenvalue weighted by molar-refractivity contribution is 0.510. The van der Waals surface area contributed by atoms with Crippen molar-refractivity contribution in [2.45, 2.75) is 24.8 Å². The third kappa shape index (κ3) is 2.73. The molecule has 0 aromatic heterocycles. The van der Waals surface area contributed by atoms with Crippen LogP contribution in [0.4, 0.5) is 8.78 Å². The van der Waals surface area contributed by atoms with Crippen molar-refractivity contribution in [2.75, 3.05) is 0 Å². The van der Waals surface area contributed by atoms with Crippen molar-refractivity contribution in [3.63, 3.8) is 0 Å². The van der Waals surface area contributed by atoms with Gasteiger partial charge >= 0.3 is 0 Å². The van der Waals surface area contributed by atoms with Gasteiger partial charge in [-0.3, -0.25) is 0 Å². The quantitative estimate of drug-likeness (QED) is 0.865. The zero-order chi connectivity index (χ0) is 11.6. The Bertz CT molecular complexity index is 437. The normalized spacial score (nSPS) is 12.1. The number of hydrogen-bond donors (Lipinski definition) is 1. The Morgan fingerprint density at radius 1 is 1.20 bits per heavy atom. The van der Waals surface area contributed by atoms with Gasteiger partial charge in [-0.05, 0) is 26.0 Å². The van der Waals surface area contributed by atoms with Gasteiger partial charge in [-0.25, -0.2) is 21.9 Å². The standard InChI is InChI=1S/C9H11F2NO2S/c1-6(2)12-15(13,14)9-7(10)4-3-5-8(9)11/h3-6,12H,1-2H3. The fourth-order valence-corrected chi connectivity index (χ4v) is 2.50. The molecule has 0 saturated heterocycles. The summed E-state index contributed by atoms with van der Waals surface area (Å²) in [6, 6.07) is 2.49. The molecule has 0 saturated carbocycles. The van der Waals surface area contributed by atoms with Gasteiger partial charge in [0.25, 0.3) is 0 Å². The van der Waals surface area contributed by atoms with Crippen LogP contribution in [-0.4, -0.2) is 14.5 Å². The van der Waals surface area contributed by atoms with E-state index in [1.54, 1.807) is 13.8 Å². The number of benzene rings is 1. The highest BCUT2D eigenvalue weighted by Gasteiger charge is 2.23. The van der Waals surface area contributed by atoms with Crippen LogP contribution in [-0.2, 0) is 10.0 Å². The highest BCUT2D eigenvalue weighted by Crippen LogP contribution is 2.18. The second-order valence-corrected chi connectivity index (χ2v) is 4.98. The molecule has 0 spiro atoms. The number of sulfonamides is 1. The molecule has 0 aliphatic rings. The number of hydrogen-bond acceptors (Lipinski definition) is 2. The summed E-state index contributed by atoms with van der Waals surface area (Å²) < 4.78 is 51.4. The van der Waals surface area contributed by atoms with Gasteiger partial charge in [0, 0.05) is 6.04 Å². The minimum absolute atomic E-state index is 0.422. The maximum Gasteiger partial charge on any atom is 0.246 e. The van der Waals surface area contributed by atoms with Crippen LogP contribution < -0.4 is 4.72 Å². The lowest BCUT2D eigenvalue weighted by atomic mass is 10.3. The van der Waals surface area contributed by atoms with Gasteiger partial charge in [0.05, 0.1) is 0 Å². The second kappa shape index (κ2) is 4.24. The summed E-state index contributed by atoms with van der Waals surface area (Å²) in [6.45, 7) is 3.13. The van der Waals surface area contributed by atoms with Crippen molar-refractivity contribution >= 4 is 10.0 Å². The smallest absolute Gasteiger partial charge is 0.208 e. The maximum absolute atomic E-state index is 13.1. The molecule has 15 heavy (non-hydrogen) atoms. The van der Waals surface area contributed by atoms with Gasteiger partial charge in [-0.2, -0.15) is 0 Å². The van der Waals surface area contributed by atoms with Crippen molar-refractivity contribution < 1.29 is 17.2 Å². The fraction of sp³-hybridized carbons (Fsp3) is 0.333. The monoisotopic (exact) mass is 235 g/mol. The predicted octanol–water partition coefficient (Wildman–Crippen LogP) is 1.65. The lowest BCUT2D eigenvalue weighted by Crippen LogP contribution is -2.31. The average Bonchev–Trinajstić information content (AvgIpc) is 1.99. The molecule has 0 aliphatic heterocycles. The molecule has 0 bridgehead atoms. The Morgan fingerprint density at radius 3 is 2.07 bits per heavy atom. The van der Waals surface area contributed by atoms with E-state index >= 15 is 0 Å². The minimum atomic E-state index is -4.12. The van der Waals surface area contributed by atoms with E-state index in [-0.39, 0.29) is 0 Å². The van der Waals surface area contributed by atoms with Crippen LogP contribution >= 0.6 is 0 Å². The largest absolute Gasteiger partial charge is 0.246 e. The molecule has 1 N–H and O–H groups in total. The Kier molecular flexibility index (Phi) is 3.41. The average molecular weight is 235 g/mol. The Balaban J connectivity index is 3.27. The second-order valence-electron chi connectivity index (χ2n) is 3.33. The highest BCUT2D eigenvalue weighted by molar-refractivity contribution is 7.89. The summed E-state index contributed by atoms with van der Waals surface area (Å²) in [7, 11) is -4.12. The third-order valence-electron chi connectivity index (χ3n) is 1.58. The van der Waals surface area contributed by atoms with E-state index in [1.807, 2.05) is 0 Å². The van der Waals surface area contributed by atoms with Gasteiger partial charge in [0.15, 0.2) is 4.90 Å². The van der Waals surface area contributed by atoms with Crippen LogP contribution in [0.15, 0.2) is 23.1 Å². The summed E-state index contributed by atoms with van der Waals surface area (Å²) >= 11 is 0. The van der Waals surface area contributed by atoms with E-state index in [2.05, 4.69) is 4.72 Å². The van der Waals surface area contributed by atoms with Crippen LogP contribution in [0, 0.1) is 11.6 Å². The number of rotatable bonds is 3. The molecule has 0 atom stereocenters. The van der Waals surface area contributed by atoms with Gasteiger partial charge in [-0.1, -0.05) is 6.07 Å². The van der Waals surface area contributed by atoms with Crippen LogP contribution in [0.25, 0.3) is 0 Å². The number of nitrogens with one attached hydrogen (secondary N) is 1. The first kappa shape index (κ1) is 12.1. The number of halogens is 2. The predicted molar refractivity (Wildman–Crippen MR) is 51.8 cm³/mol. The zero-order valence-electron chi connectivity index (χ0n) is 8.29. The molecule has 0 heterocycles. The van der Waals surface area contributed by atoms with Gasteiger partial charge in [0.1, 0.15) is 11.6 Å².